The zero-order chi connectivity index (χ0) is 56.7. The summed E-state index contributed by atoms with van der Waals surface area (Å²) >= 11 is 0. The lowest BCUT2D eigenvalue weighted by Crippen LogP contribution is -2.61. The molecule has 16 N–H and O–H groups in total. The molecule has 2 aliphatic rings. The second-order valence-electron chi connectivity index (χ2n) is 19.8. The van der Waals surface area contributed by atoms with Crippen LogP contribution in [0.4, 0.5) is 0 Å². The predicted octanol–water partition coefficient (Wildman–Crippen LogP) is 0.343. The number of aromatic nitrogens is 3. The van der Waals surface area contributed by atoms with Crippen LogP contribution in [-0.4, -0.2) is 141 Å². The molecule has 2 fully saturated rings. The second kappa shape index (κ2) is 31.1. The van der Waals surface area contributed by atoms with Crippen LogP contribution in [0.15, 0.2) is 73.3 Å². The molecular weight excluding hydrogens is 1050 g/mol. The SMILES string of the molecule is CC(=O)N[C@@H](CC1CCCCC1)C(=O)N[C@H]1CSSC[C@@H](C(N)=O)NC(=O)CCCNC(=O)[C@H](Cc2c[nH]c3ccccc23)NC(=O)[C@H](CCCNC(=N)N)NC(=O)[C@@H](Cc2ccccc2)NC(=O)[C@H](Cc2c[nH]cn2)NC1=O. The number of carbonyl (C=O) groups excluding carboxylic acids is 9. The van der Waals surface area contributed by atoms with Crippen LogP contribution in [-0.2, 0) is 62.4 Å². The van der Waals surface area contributed by atoms with Gasteiger partial charge in [-0.1, -0.05) is 102 Å². The van der Waals surface area contributed by atoms with E-state index in [0.717, 1.165) is 64.6 Å². The lowest BCUT2D eigenvalue weighted by Gasteiger charge is -2.29. The van der Waals surface area contributed by atoms with E-state index < -0.39 is 95.5 Å². The molecule has 2 aromatic heterocycles. The minimum Gasteiger partial charge on any atom is -0.370 e. The third kappa shape index (κ3) is 20.0. The number of nitrogens with zero attached hydrogens (tertiary/aromatic N) is 1. The number of amides is 9. The topological polar surface area (TPSA) is 382 Å². The first-order valence-electron chi connectivity index (χ1n) is 26.6. The molecule has 1 saturated heterocycles. The van der Waals surface area contributed by atoms with E-state index in [0.29, 0.717) is 23.2 Å². The molecule has 24 nitrogen and oxygen atoms in total. The number of nitrogens with one attached hydrogen (secondary N) is 12. The van der Waals surface area contributed by atoms with Gasteiger partial charge in [0.05, 0.1) is 12.0 Å². The number of H-pyrrole nitrogens is 2. The van der Waals surface area contributed by atoms with Crippen molar-refractivity contribution < 1.29 is 43.2 Å². The van der Waals surface area contributed by atoms with E-state index in [-0.39, 0.29) is 81.4 Å². The van der Waals surface area contributed by atoms with Crippen LogP contribution in [0, 0.1) is 11.3 Å². The Morgan fingerprint density at radius 1 is 0.747 bits per heavy atom. The molecule has 4 aromatic rings. The van der Waals surface area contributed by atoms with Crippen LogP contribution >= 0.6 is 21.6 Å². The van der Waals surface area contributed by atoms with Crippen LogP contribution < -0.4 is 59.3 Å². The van der Waals surface area contributed by atoms with Crippen molar-refractivity contribution in [3.8, 4) is 0 Å². The fourth-order valence-electron chi connectivity index (χ4n) is 9.46. The van der Waals surface area contributed by atoms with Crippen molar-refractivity contribution in [3.05, 3.63) is 90.1 Å². The molecule has 0 bridgehead atoms. The van der Waals surface area contributed by atoms with Crippen molar-refractivity contribution in [2.75, 3.05) is 24.6 Å². The predicted molar refractivity (Wildman–Crippen MR) is 300 cm³/mol. The fraction of sp³-hybridized carbons (Fsp3) is 0.491. The number of imidazole rings is 1. The Balaban J connectivity index is 1.34. The first-order chi connectivity index (χ1) is 38.0. The Morgan fingerprint density at radius 3 is 2.10 bits per heavy atom. The number of rotatable bonds is 16. The number of nitrogens with two attached hydrogens (primary N) is 2. The van der Waals surface area contributed by atoms with Crippen molar-refractivity contribution >= 4 is 91.6 Å². The van der Waals surface area contributed by atoms with E-state index in [2.05, 4.69) is 62.8 Å². The monoisotopic (exact) mass is 1130 g/mol. The number of hydrogen-bond acceptors (Lipinski definition) is 13. The first kappa shape index (κ1) is 60.6. The number of benzene rings is 2. The molecule has 1 aliphatic carbocycles. The first-order valence-corrected chi connectivity index (χ1v) is 29.1. The molecule has 1 aliphatic heterocycles. The summed E-state index contributed by atoms with van der Waals surface area (Å²) in [6, 6.07) is 7.45. The zero-order valence-electron chi connectivity index (χ0n) is 44.2. The molecule has 0 unspecified atom stereocenters. The minimum absolute atomic E-state index is 0.00411. The molecule has 6 rings (SSSR count). The lowest BCUT2D eigenvalue weighted by molar-refractivity contribution is -0.135. The van der Waals surface area contributed by atoms with Gasteiger partial charge in [-0.3, -0.25) is 48.6 Å². The number of hydrogen-bond donors (Lipinski definition) is 14. The van der Waals surface area contributed by atoms with Crippen molar-refractivity contribution in [1.29, 1.82) is 5.41 Å². The van der Waals surface area contributed by atoms with E-state index in [1.807, 2.05) is 24.3 Å². The number of fused-ring (bicyclic) bond motifs is 1. The molecule has 0 spiro atoms. The molecule has 9 amide bonds. The normalized spacial score (nSPS) is 22.4. The summed E-state index contributed by atoms with van der Waals surface area (Å²) in [5.74, 6) is -6.46. The van der Waals surface area contributed by atoms with E-state index in [1.165, 1.54) is 19.4 Å². The minimum atomic E-state index is -1.42. The highest BCUT2D eigenvalue weighted by molar-refractivity contribution is 8.76. The molecule has 2 aromatic carbocycles. The van der Waals surface area contributed by atoms with Crippen LogP contribution in [0.3, 0.4) is 0 Å². The van der Waals surface area contributed by atoms with Crippen LogP contribution in [0.2, 0.25) is 0 Å². The molecule has 426 valence electrons. The van der Waals surface area contributed by atoms with Gasteiger partial charge in [0.1, 0.15) is 42.3 Å². The van der Waals surface area contributed by atoms with Crippen molar-refractivity contribution in [1.82, 2.24) is 62.8 Å². The van der Waals surface area contributed by atoms with E-state index in [1.54, 1.807) is 36.5 Å². The zero-order valence-corrected chi connectivity index (χ0v) is 45.8. The maximum Gasteiger partial charge on any atom is 0.244 e. The summed E-state index contributed by atoms with van der Waals surface area (Å²) in [7, 11) is 2.19. The summed E-state index contributed by atoms with van der Waals surface area (Å²) in [6.45, 7) is 1.44. The second-order valence-corrected chi connectivity index (χ2v) is 22.3. The lowest BCUT2D eigenvalue weighted by atomic mass is 9.84. The van der Waals surface area contributed by atoms with E-state index in [4.69, 9.17) is 16.9 Å². The highest BCUT2D eigenvalue weighted by Crippen LogP contribution is 2.28. The van der Waals surface area contributed by atoms with Crippen molar-refractivity contribution in [2.24, 2.45) is 17.4 Å². The molecule has 26 heteroatoms. The summed E-state index contributed by atoms with van der Waals surface area (Å²) in [5.41, 5.74) is 13.8. The summed E-state index contributed by atoms with van der Waals surface area (Å²) in [6.07, 6.45) is 9.75. The Bertz CT molecular complexity index is 2720. The Labute approximate surface area is 465 Å². The standard InChI is InChI=1S/C53H73N15O9S2/c1-31(69)62-39(22-32-12-4-2-5-13-32)49(74)68-44-29-79-78-28-43(46(54)71)63-45(70)19-11-20-58-47(72)41(24-34-26-60-37-17-9-8-16-36(34)37)66-48(73)38(18-10-21-59-53(55)56)64-50(75)40(23-33-14-6-3-7-15-33)65-51(76)42(67-52(44)77)25-35-27-57-30-61-35/h3,6-9,14-17,26-27,30,32,38-44,60H,2,4-5,10-13,18-25,28-29H2,1H3,(H2,54,71)(H,57,61)(H,58,72)(H,62,69)(H,63,70)(H,64,75)(H,65,76)(H,66,73)(H,67,77)(H,68,74)(H4,55,56,59)/t38-,39-,40+,41-,42-,43-,44-/m0/s1. The maximum atomic E-state index is 14.8. The average Bonchev–Trinajstić information content (AvgIpc) is 4.11. The Morgan fingerprint density at radius 2 is 1.41 bits per heavy atom. The van der Waals surface area contributed by atoms with Gasteiger partial charge in [-0.05, 0) is 48.8 Å². The molecule has 79 heavy (non-hydrogen) atoms. The summed E-state index contributed by atoms with van der Waals surface area (Å²) < 4.78 is 0. The van der Waals surface area contributed by atoms with Gasteiger partial charge in [0.15, 0.2) is 5.96 Å². The number of aromatic amines is 2. The highest BCUT2D eigenvalue weighted by atomic mass is 33.1. The van der Waals surface area contributed by atoms with Gasteiger partial charge in [-0.15, -0.1) is 0 Å². The van der Waals surface area contributed by atoms with Crippen molar-refractivity contribution in [2.45, 2.75) is 133 Å². The summed E-state index contributed by atoms with van der Waals surface area (Å²) in [4.78, 5) is 136. The van der Waals surface area contributed by atoms with Crippen molar-refractivity contribution in [3.63, 3.8) is 0 Å². The third-order valence-electron chi connectivity index (χ3n) is 13.6. The summed E-state index contributed by atoms with van der Waals surface area (Å²) in [5, 5.41) is 33.4. The molecular formula is C53H73N15O9S2. The van der Waals surface area contributed by atoms with Crippen LogP contribution in [0.25, 0.3) is 10.9 Å². The fourth-order valence-corrected chi connectivity index (χ4v) is 11.8. The molecule has 0 radical (unpaired) electrons. The van der Waals surface area contributed by atoms with Crippen LogP contribution in [0.1, 0.15) is 88.0 Å². The van der Waals surface area contributed by atoms with E-state index in [9.17, 15) is 43.2 Å². The Hall–Kier alpha value is -7.61. The van der Waals surface area contributed by atoms with Gasteiger partial charge < -0.3 is 69.3 Å². The maximum absolute atomic E-state index is 14.8. The Kier molecular flexibility index (Phi) is 23.9. The van der Waals surface area contributed by atoms with Gasteiger partial charge in [-0.2, -0.15) is 0 Å². The number of primary amides is 1. The highest BCUT2D eigenvalue weighted by Gasteiger charge is 2.35. The number of guanidine groups is 1. The number of carbonyl (C=O) groups is 9. The third-order valence-corrected chi connectivity index (χ3v) is 16.0. The molecule has 7 atom stereocenters. The van der Waals surface area contributed by atoms with E-state index >= 15 is 0 Å². The largest absolute Gasteiger partial charge is 0.370 e. The van der Waals surface area contributed by atoms with Gasteiger partial charge in [-0.25, -0.2) is 4.98 Å². The molecule has 1 saturated carbocycles. The average molecular weight is 1130 g/mol. The van der Waals surface area contributed by atoms with Gasteiger partial charge in [0.25, 0.3) is 0 Å². The number of para-hydroxylation sites is 1. The van der Waals surface area contributed by atoms with Crippen LogP contribution in [0.5, 0.6) is 0 Å². The van der Waals surface area contributed by atoms with Gasteiger partial charge >= 0.3 is 0 Å². The van der Waals surface area contributed by atoms with Gasteiger partial charge in [0.2, 0.25) is 53.2 Å². The quantitative estimate of drug-likeness (QED) is 0.0312. The smallest absolute Gasteiger partial charge is 0.244 e. The van der Waals surface area contributed by atoms with Gasteiger partial charge in [0, 0.05) is 80.5 Å². The molecule has 3 heterocycles.